The van der Waals surface area contributed by atoms with Crippen LogP contribution in [0.5, 0.6) is 11.5 Å². The lowest BCUT2D eigenvalue weighted by Crippen LogP contribution is -2.34. The average molecular weight is 289 g/mol. The fourth-order valence-electron chi connectivity index (χ4n) is 2.73. The minimum atomic E-state index is 0.591. The highest BCUT2D eigenvalue weighted by Crippen LogP contribution is 2.26. The summed E-state index contributed by atoms with van der Waals surface area (Å²) in [5.74, 6) is 2.47. The summed E-state index contributed by atoms with van der Waals surface area (Å²) < 4.78 is 11.3. The fourth-order valence-corrected chi connectivity index (χ4v) is 2.73. The highest BCUT2D eigenvalue weighted by molar-refractivity contribution is 5.39. The quantitative estimate of drug-likeness (QED) is 0.714. The van der Waals surface area contributed by atoms with Gasteiger partial charge in [0.1, 0.15) is 6.61 Å². The van der Waals surface area contributed by atoms with Crippen LogP contribution in [0.25, 0.3) is 0 Å². The molecule has 3 nitrogen and oxygen atoms in total. The summed E-state index contributed by atoms with van der Waals surface area (Å²) in [5.41, 5.74) is 0. The molecule has 1 atom stereocenters. The van der Waals surface area contributed by atoms with Gasteiger partial charge in [0, 0.05) is 13.1 Å². The lowest BCUT2D eigenvalue weighted by Gasteiger charge is -2.29. The van der Waals surface area contributed by atoms with Crippen LogP contribution >= 0.6 is 0 Å². The Kier molecular flexibility index (Phi) is 6.61. The van der Waals surface area contributed by atoms with Gasteiger partial charge in [-0.1, -0.05) is 31.2 Å². The standard InChI is InChI=1S/C18H27NO2/c1-3-20-17-10-4-5-11-18(17)21-14-7-6-12-19-13-8-9-16(2)15-19/h4-7,10-11,16H,3,8-9,12-15H2,1-2H3. The number of para-hydroxylation sites is 2. The predicted octanol–water partition coefficient (Wildman–Crippen LogP) is 3.75. The smallest absolute Gasteiger partial charge is 0.161 e. The molecule has 21 heavy (non-hydrogen) atoms. The lowest BCUT2D eigenvalue weighted by atomic mass is 10.0. The molecule has 1 aromatic rings. The SMILES string of the molecule is CCOc1ccccc1OCC=CCN1CCCC(C)C1. The van der Waals surface area contributed by atoms with E-state index < -0.39 is 0 Å². The number of hydrogen-bond donors (Lipinski definition) is 0. The first-order chi connectivity index (χ1) is 10.3. The van der Waals surface area contributed by atoms with E-state index in [1.54, 1.807) is 0 Å². The van der Waals surface area contributed by atoms with Gasteiger partial charge in [-0.3, -0.25) is 4.90 Å². The Hall–Kier alpha value is -1.48. The zero-order valence-corrected chi connectivity index (χ0v) is 13.3. The summed E-state index contributed by atoms with van der Waals surface area (Å²) in [6.07, 6.45) is 7.01. The molecular formula is C18H27NO2. The van der Waals surface area contributed by atoms with Gasteiger partial charge in [0.05, 0.1) is 6.61 Å². The Balaban J connectivity index is 1.72. The van der Waals surface area contributed by atoms with Crippen LogP contribution in [0.15, 0.2) is 36.4 Å². The molecule has 1 fully saturated rings. The van der Waals surface area contributed by atoms with Crippen molar-refractivity contribution >= 4 is 0 Å². The summed E-state index contributed by atoms with van der Waals surface area (Å²) >= 11 is 0. The number of hydrogen-bond acceptors (Lipinski definition) is 3. The van der Waals surface area contributed by atoms with E-state index in [1.165, 1.54) is 25.9 Å². The molecular weight excluding hydrogens is 262 g/mol. The molecule has 1 heterocycles. The van der Waals surface area contributed by atoms with Gasteiger partial charge in [-0.25, -0.2) is 0 Å². The number of ether oxygens (including phenoxy) is 2. The van der Waals surface area contributed by atoms with Gasteiger partial charge in [0.2, 0.25) is 0 Å². The van der Waals surface area contributed by atoms with E-state index in [0.29, 0.717) is 13.2 Å². The first-order valence-corrected chi connectivity index (χ1v) is 8.01. The summed E-state index contributed by atoms with van der Waals surface area (Å²) in [4.78, 5) is 2.51. The van der Waals surface area contributed by atoms with Crippen molar-refractivity contribution in [2.45, 2.75) is 26.7 Å². The molecule has 0 aliphatic carbocycles. The molecule has 0 spiro atoms. The maximum atomic E-state index is 5.77. The third-order valence-electron chi connectivity index (χ3n) is 3.76. The molecule has 2 rings (SSSR count). The molecule has 0 bridgehead atoms. The largest absolute Gasteiger partial charge is 0.490 e. The van der Waals surface area contributed by atoms with Crippen LogP contribution in [0.1, 0.15) is 26.7 Å². The van der Waals surface area contributed by atoms with Crippen LogP contribution < -0.4 is 9.47 Å². The van der Waals surface area contributed by atoms with Crippen molar-refractivity contribution in [3.05, 3.63) is 36.4 Å². The first kappa shape index (κ1) is 15.9. The molecule has 0 aromatic heterocycles. The Morgan fingerprint density at radius 1 is 1.19 bits per heavy atom. The fraction of sp³-hybridized carbons (Fsp3) is 0.556. The third kappa shape index (κ3) is 5.43. The van der Waals surface area contributed by atoms with Crippen molar-refractivity contribution in [1.82, 2.24) is 4.90 Å². The molecule has 1 saturated heterocycles. The number of likely N-dealkylation sites (tertiary alicyclic amines) is 1. The Morgan fingerprint density at radius 2 is 1.95 bits per heavy atom. The molecule has 1 aliphatic rings. The van der Waals surface area contributed by atoms with E-state index in [4.69, 9.17) is 9.47 Å². The first-order valence-electron chi connectivity index (χ1n) is 8.01. The average Bonchev–Trinajstić information content (AvgIpc) is 2.49. The van der Waals surface area contributed by atoms with Gasteiger partial charge in [-0.15, -0.1) is 0 Å². The molecule has 3 heteroatoms. The van der Waals surface area contributed by atoms with Gasteiger partial charge in [0.15, 0.2) is 11.5 Å². The van der Waals surface area contributed by atoms with Gasteiger partial charge >= 0.3 is 0 Å². The van der Waals surface area contributed by atoms with Gasteiger partial charge in [0.25, 0.3) is 0 Å². The van der Waals surface area contributed by atoms with Gasteiger partial charge < -0.3 is 9.47 Å². The zero-order chi connectivity index (χ0) is 14.9. The maximum Gasteiger partial charge on any atom is 0.161 e. The van der Waals surface area contributed by atoms with Crippen LogP contribution in [0.2, 0.25) is 0 Å². The van der Waals surface area contributed by atoms with Gasteiger partial charge in [-0.2, -0.15) is 0 Å². The summed E-state index contributed by atoms with van der Waals surface area (Å²) in [6.45, 7) is 9.04. The lowest BCUT2D eigenvalue weighted by molar-refractivity contribution is 0.201. The van der Waals surface area contributed by atoms with Crippen LogP contribution in [-0.2, 0) is 0 Å². The molecule has 0 radical (unpaired) electrons. The van der Waals surface area contributed by atoms with E-state index in [9.17, 15) is 0 Å². The van der Waals surface area contributed by atoms with E-state index >= 15 is 0 Å². The molecule has 0 saturated carbocycles. The Morgan fingerprint density at radius 3 is 2.67 bits per heavy atom. The van der Waals surface area contributed by atoms with Crippen molar-refractivity contribution < 1.29 is 9.47 Å². The Bertz CT molecular complexity index is 445. The molecule has 0 amide bonds. The van der Waals surface area contributed by atoms with E-state index in [1.807, 2.05) is 31.2 Å². The minimum absolute atomic E-state index is 0.591. The second kappa shape index (κ2) is 8.73. The second-order valence-corrected chi connectivity index (χ2v) is 5.67. The van der Waals surface area contributed by atoms with Crippen molar-refractivity contribution in [1.29, 1.82) is 0 Å². The van der Waals surface area contributed by atoms with Crippen LogP contribution in [0, 0.1) is 5.92 Å². The van der Waals surface area contributed by atoms with Crippen molar-refractivity contribution in [2.75, 3.05) is 32.8 Å². The highest BCUT2D eigenvalue weighted by Gasteiger charge is 2.14. The summed E-state index contributed by atoms with van der Waals surface area (Å²) in [7, 11) is 0. The van der Waals surface area contributed by atoms with Crippen molar-refractivity contribution in [2.24, 2.45) is 5.92 Å². The summed E-state index contributed by atoms with van der Waals surface area (Å²) in [5, 5.41) is 0. The summed E-state index contributed by atoms with van der Waals surface area (Å²) in [6, 6.07) is 7.82. The van der Waals surface area contributed by atoms with Crippen molar-refractivity contribution in [3.63, 3.8) is 0 Å². The van der Waals surface area contributed by atoms with E-state index in [0.717, 1.165) is 24.0 Å². The predicted molar refractivity (Wildman–Crippen MR) is 87.1 cm³/mol. The highest BCUT2D eigenvalue weighted by atomic mass is 16.5. The maximum absolute atomic E-state index is 5.77. The number of nitrogens with zero attached hydrogens (tertiary/aromatic N) is 1. The minimum Gasteiger partial charge on any atom is -0.490 e. The molecule has 116 valence electrons. The van der Waals surface area contributed by atoms with Crippen LogP contribution in [-0.4, -0.2) is 37.7 Å². The van der Waals surface area contributed by atoms with Crippen LogP contribution in [0.3, 0.4) is 0 Å². The molecule has 0 N–H and O–H groups in total. The number of rotatable bonds is 7. The second-order valence-electron chi connectivity index (χ2n) is 5.67. The number of benzene rings is 1. The number of piperidine rings is 1. The monoisotopic (exact) mass is 289 g/mol. The third-order valence-corrected chi connectivity index (χ3v) is 3.76. The molecule has 1 aromatic carbocycles. The van der Waals surface area contributed by atoms with Crippen LogP contribution in [0.4, 0.5) is 0 Å². The normalized spacial score (nSPS) is 19.8. The molecule has 1 aliphatic heterocycles. The molecule has 1 unspecified atom stereocenters. The zero-order valence-electron chi connectivity index (χ0n) is 13.3. The van der Waals surface area contributed by atoms with E-state index in [2.05, 4.69) is 24.0 Å². The van der Waals surface area contributed by atoms with Crippen molar-refractivity contribution in [3.8, 4) is 11.5 Å². The van der Waals surface area contributed by atoms with E-state index in [-0.39, 0.29) is 0 Å². The topological polar surface area (TPSA) is 21.7 Å². The van der Waals surface area contributed by atoms with Gasteiger partial charge in [-0.05, 0) is 44.4 Å². The Labute approximate surface area is 128 Å².